The molecule has 0 saturated heterocycles. The van der Waals surface area contributed by atoms with Crippen LogP contribution in [0.5, 0.6) is 0 Å². The van der Waals surface area contributed by atoms with Crippen molar-refractivity contribution in [2.24, 2.45) is 4.99 Å². The molecule has 0 bridgehead atoms. The molecule has 0 aromatic heterocycles. The lowest BCUT2D eigenvalue weighted by Gasteiger charge is -2.05. The summed E-state index contributed by atoms with van der Waals surface area (Å²) in [5.74, 6) is 0. The summed E-state index contributed by atoms with van der Waals surface area (Å²) in [6, 6.07) is 10.0. The van der Waals surface area contributed by atoms with Crippen molar-refractivity contribution in [3.8, 4) is 0 Å². The van der Waals surface area contributed by atoms with Crippen LogP contribution in [0.25, 0.3) is 0 Å². The molecule has 16 heavy (non-hydrogen) atoms. The van der Waals surface area contributed by atoms with E-state index in [1.54, 1.807) is 0 Å². The molecule has 0 atom stereocenters. The van der Waals surface area contributed by atoms with Gasteiger partial charge in [0.05, 0.1) is 5.69 Å². The molecule has 0 unspecified atom stereocenters. The SMILES string of the molecule is CCCCC(CCCO)=Nc1ccccc1. The van der Waals surface area contributed by atoms with Crippen LogP contribution in [-0.4, -0.2) is 17.4 Å². The molecule has 0 heterocycles. The van der Waals surface area contributed by atoms with Gasteiger partial charge in [-0.3, -0.25) is 4.99 Å². The molecular weight excluding hydrogens is 198 g/mol. The highest BCUT2D eigenvalue weighted by Gasteiger charge is 1.99. The van der Waals surface area contributed by atoms with Gasteiger partial charge in [-0.25, -0.2) is 0 Å². The van der Waals surface area contributed by atoms with Crippen molar-refractivity contribution in [2.45, 2.75) is 39.0 Å². The smallest absolute Gasteiger partial charge is 0.0629 e. The van der Waals surface area contributed by atoms with Crippen LogP contribution in [0.4, 0.5) is 5.69 Å². The van der Waals surface area contributed by atoms with Gasteiger partial charge in [0.1, 0.15) is 0 Å². The highest BCUT2D eigenvalue weighted by Crippen LogP contribution is 2.14. The quantitative estimate of drug-likeness (QED) is 0.696. The van der Waals surface area contributed by atoms with Crippen molar-refractivity contribution in [1.29, 1.82) is 0 Å². The maximum Gasteiger partial charge on any atom is 0.0629 e. The van der Waals surface area contributed by atoms with Gasteiger partial charge >= 0.3 is 0 Å². The number of unbranched alkanes of at least 4 members (excludes halogenated alkanes) is 1. The molecule has 0 aliphatic heterocycles. The molecule has 1 aromatic rings. The molecule has 0 aliphatic rings. The predicted molar refractivity (Wildman–Crippen MR) is 69.4 cm³/mol. The lowest BCUT2D eigenvalue weighted by atomic mass is 10.1. The Labute approximate surface area is 98.0 Å². The Balaban J connectivity index is 2.63. The normalized spacial score (nSPS) is 11.8. The first-order valence-corrected chi connectivity index (χ1v) is 6.09. The van der Waals surface area contributed by atoms with Crippen molar-refractivity contribution < 1.29 is 5.11 Å². The van der Waals surface area contributed by atoms with Crippen molar-refractivity contribution in [3.63, 3.8) is 0 Å². The van der Waals surface area contributed by atoms with Gasteiger partial charge in [-0.1, -0.05) is 31.5 Å². The van der Waals surface area contributed by atoms with Gasteiger partial charge in [0, 0.05) is 12.3 Å². The van der Waals surface area contributed by atoms with Crippen LogP contribution >= 0.6 is 0 Å². The van der Waals surface area contributed by atoms with Gasteiger partial charge in [0.15, 0.2) is 0 Å². The molecule has 1 N–H and O–H groups in total. The molecule has 0 radical (unpaired) electrons. The summed E-state index contributed by atoms with van der Waals surface area (Å²) in [5.41, 5.74) is 2.23. The maximum atomic E-state index is 8.85. The number of rotatable bonds is 7. The third-order valence-corrected chi connectivity index (χ3v) is 2.49. The minimum absolute atomic E-state index is 0.250. The van der Waals surface area contributed by atoms with Crippen LogP contribution in [0.1, 0.15) is 39.0 Å². The van der Waals surface area contributed by atoms with Crippen LogP contribution < -0.4 is 0 Å². The molecule has 2 nitrogen and oxygen atoms in total. The summed E-state index contributed by atoms with van der Waals surface area (Å²) >= 11 is 0. The second-order valence-corrected chi connectivity index (χ2v) is 3.94. The molecule has 88 valence electrons. The van der Waals surface area contributed by atoms with Crippen LogP contribution in [0.3, 0.4) is 0 Å². The Kier molecular flexibility index (Phi) is 6.50. The van der Waals surface area contributed by atoms with Gasteiger partial charge in [0.2, 0.25) is 0 Å². The van der Waals surface area contributed by atoms with Crippen LogP contribution in [0, 0.1) is 0 Å². The average molecular weight is 219 g/mol. The van der Waals surface area contributed by atoms with Crippen molar-refractivity contribution >= 4 is 11.4 Å². The van der Waals surface area contributed by atoms with E-state index in [2.05, 4.69) is 11.9 Å². The number of aliphatic imine (C=N–C) groups is 1. The van der Waals surface area contributed by atoms with E-state index >= 15 is 0 Å². The van der Waals surface area contributed by atoms with E-state index in [9.17, 15) is 0 Å². The summed E-state index contributed by atoms with van der Waals surface area (Å²) < 4.78 is 0. The van der Waals surface area contributed by atoms with Gasteiger partial charge in [-0.15, -0.1) is 0 Å². The van der Waals surface area contributed by atoms with E-state index in [0.717, 1.165) is 24.9 Å². The fourth-order valence-electron chi connectivity index (χ4n) is 1.59. The first-order chi connectivity index (χ1) is 7.86. The Morgan fingerprint density at radius 1 is 1.12 bits per heavy atom. The molecule has 0 saturated carbocycles. The zero-order valence-electron chi connectivity index (χ0n) is 10.0. The largest absolute Gasteiger partial charge is 0.396 e. The van der Waals surface area contributed by atoms with E-state index in [-0.39, 0.29) is 6.61 Å². The number of aliphatic hydroxyl groups excluding tert-OH is 1. The number of para-hydroxylation sites is 1. The second-order valence-electron chi connectivity index (χ2n) is 3.94. The summed E-state index contributed by atoms with van der Waals surface area (Å²) in [7, 11) is 0. The fourth-order valence-corrected chi connectivity index (χ4v) is 1.59. The van der Waals surface area contributed by atoms with Gasteiger partial charge < -0.3 is 5.11 Å². The first kappa shape index (κ1) is 12.9. The molecule has 1 aromatic carbocycles. The molecule has 2 heteroatoms. The summed E-state index contributed by atoms with van der Waals surface area (Å²) in [4.78, 5) is 4.64. The number of aliphatic hydroxyl groups is 1. The average Bonchev–Trinajstić information content (AvgIpc) is 2.34. The summed E-state index contributed by atoms with van der Waals surface area (Å²) in [6.07, 6.45) is 5.14. The second kappa shape index (κ2) is 8.05. The summed E-state index contributed by atoms with van der Waals surface area (Å²) in [5, 5.41) is 8.85. The van der Waals surface area contributed by atoms with E-state index in [4.69, 9.17) is 5.11 Å². The van der Waals surface area contributed by atoms with Gasteiger partial charge in [-0.2, -0.15) is 0 Å². The van der Waals surface area contributed by atoms with E-state index in [1.807, 2.05) is 30.3 Å². The molecule has 0 spiro atoms. The van der Waals surface area contributed by atoms with E-state index in [0.29, 0.717) is 0 Å². The third-order valence-electron chi connectivity index (χ3n) is 2.49. The third kappa shape index (κ3) is 5.08. The Bertz CT molecular complexity index is 296. The number of hydrogen-bond acceptors (Lipinski definition) is 2. The van der Waals surface area contributed by atoms with E-state index in [1.165, 1.54) is 18.6 Å². The Morgan fingerprint density at radius 2 is 1.81 bits per heavy atom. The van der Waals surface area contributed by atoms with Crippen LogP contribution in [0.2, 0.25) is 0 Å². The standard InChI is InChI=1S/C14H21NO/c1-2-3-8-13(11-7-12-16)15-14-9-5-4-6-10-14/h4-6,9-10,16H,2-3,7-8,11-12H2,1H3. The highest BCUT2D eigenvalue weighted by atomic mass is 16.2. The van der Waals surface area contributed by atoms with Crippen molar-refractivity contribution in [1.82, 2.24) is 0 Å². The fraction of sp³-hybridized carbons (Fsp3) is 0.500. The van der Waals surface area contributed by atoms with Gasteiger partial charge in [-0.05, 0) is 37.8 Å². The van der Waals surface area contributed by atoms with Crippen LogP contribution in [-0.2, 0) is 0 Å². The lowest BCUT2D eigenvalue weighted by Crippen LogP contribution is -1.99. The Hall–Kier alpha value is -1.15. The van der Waals surface area contributed by atoms with E-state index < -0.39 is 0 Å². The zero-order chi connectivity index (χ0) is 11.6. The molecular formula is C14H21NO. The Morgan fingerprint density at radius 3 is 2.44 bits per heavy atom. The molecule has 1 rings (SSSR count). The maximum absolute atomic E-state index is 8.85. The number of benzene rings is 1. The zero-order valence-corrected chi connectivity index (χ0v) is 10.0. The summed E-state index contributed by atoms with van der Waals surface area (Å²) in [6.45, 7) is 2.44. The minimum atomic E-state index is 0.250. The topological polar surface area (TPSA) is 32.6 Å². The molecule has 0 aliphatic carbocycles. The van der Waals surface area contributed by atoms with Crippen molar-refractivity contribution in [3.05, 3.63) is 30.3 Å². The lowest BCUT2D eigenvalue weighted by molar-refractivity contribution is 0.291. The minimum Gasteiger partial charge on any atom is -0.396 e. The van der Waals surface area contributed by atoms with Gasteiger partial charge in [0.25, 0.3) is 0 Å². The predicted octanol–water partition coefficient (Wildman–Crippen LogP) is 3.72. The number of hydrogen-bond donors (Lipinski definition) is 1. The molecule has 0 amide bonds. The van der Waals surface area contributed by atoms with Crippen LogP contribution in [0.15, 0.2) is 35.3 Å². The monoisotopic (exact) mass is 219 g/mol. The van der Waals surface area contributed by atoms with Crippen molar-refractivity contribution in [2.75, 3.05) is 6.61 Å². The first-order valence-electron chi connectivity index (χ1n) is 6.09. The molecule has 0 fully saturated rings. The highest BCUT2D eigenvalue weighted by molar-refractivity contribution is 5.86. The number of nitrogens with zero attached hydrogens (tertiary/aromatic N) is 1.